The van der Waals surface area contributed by atoms with Crippen LogP contribution in [0.2, 0.25) is 5.02 Å². The minimum atomic E-state index is -3.87. The third-order valence-corrected chi connectivity index (χ3v) is 5.31. The number of amides is 1. The van der Waals surface area contributed by atoms with Gasteiger partial charge >= 0.3 is 0 Å². The molecule has 0 fully saturated rings. The highest BCUT2D eigenvalue weighted by Gasteiger charge is 2.26. The fraction of sp³-hybridized carbons (Fsp3) is 0. The fourth-order valence-electron chi connectivity index (χ4n) is 2.83. The number of primary sulfonamides is 1. The number of nitrogens with one attached hydrogen (secondary N) is 1. The van der Waals surface area contributed by atoms with Gasteiger partial charge in [0.1, 0.15) is 11.5 Å². The zero-order valence-electron chi connectivity index (χ0n) is 13.8. The number of hydrogen-bond donors (Lipinski definition) is 2. The summed E-state index contributed by atoms with van der Waals surface area (Å²) in [6.45, 7) is 0. The maximum atomic E-state index is 12.3. The number of furan rings is 1. The Labute approximate surface area is 160 Å². The van der Waals surface area contributed by atoms with Crippen molar-refractivity contribution in [2.75, 3.05) is 5.32 Å². The Hall–Kier alpha value is -2.87. The van der Waals surface area contributed by atoms with Crippen molar-refractivity contribution in [3.8, 4) is 11.3 Å². The van der Waals surface area contributed by atoms with Crippen LogP contribution in [0.5, 0.6) is 0 Å². The van der Waals surface area contributed by atoms with Gasteiger partial charge in [0.2, 0.25) is 10.0 Å². The first-order valence-electron chi connectivity index (χ1n) is 7.87. The van der Waals surface area contributed by atoms with Crippen molar-refractivity contribution >= 4 is 44.9 Å². The molecule has 0 saturated carbocycles. The topological polar surface area (TPSA) is 102 Å². The molecule has 0 saturated heterocycles. The summed E-state index contributed by atoms with van der Waals surface area (Å²) in [4.78, 5) is 12.2. The van der Waals surface area contributed by atoms with Crippen LogP contribution in [-0.4, -0.2) is 14.3 Å². The molecule has 2 heterocycles. The number of carbonyl (C=O) groups excluding carboxylic acids is 1. The van der Waals surface area contributed by atoms with E-state index in [0.29, 0.717) is 33.4 Å². The molecular formula is C19H13ClN2O4S. The van der Waals surface area contributed by atoms with Crippen LogP contribution in [0.4, 0.5) is 5.69 Å². The maximum absolute atomic E-state index is 12.3. The maximum Gasteiger partial charge on any atom is 0.256 e. The standard InChI is InChI=1S/C19H13ClN2O4S/c20-12-3-1-11(2-4-12)18-8-5-13(26-18)9-16-15-10-14(27(21,24)25)6-7-17(15)22-19(16)23/h1-10H,(H,22,23)(H2,21,24,25). The molecule has 136 valence electrons. The third-order valence-electron chi connectivity index (χ3n) is 4.14. The first-order valence-corrected chi connectivity index (χ1v) is 9.80. The molecule has 0 spiro atoms. The smallest absolute Gasteiger partial charge is 0.256 e. The van der Waals surface area contributed by atoms with Crippen LogP contribution < -0.4 is 10.5 Å². The van der Waals surface area contributed by atoms with Gasteiger partial charge < -0.3 is 9.73 Å². The summed E-state index contributed by atoms with van der Waals surface area (Å²) in [5, 5.41) is 8.50. The van der Waals surface area contributed by atoms with Gasteiger partial charge in [0.05, 0.1) is 10.5 Å². The first-order chi connectivity index (χ1) is 12.8. The normalized spacial score (nSPS) is 15.0. The summed E-state index contributed by atoms with van der Waals surface area (Å²) in [6, 6.07) is 14.9. The monoisotopic (exact) mass is 400 g/mol. The lowest BCUT2D eigenvalue weighted by Gasteiger charge is -2.02. The summed E-state index contributed by atoms with van der Waals surface area (Å²) in [7, 11) is -3.87. The average Bonchev–Trinajstić information content (AvgIpc) is 3.20. The second-order valence-electron chi connectivity index (χ2n) is 5.97. The Bertz CT molecular complexity index is 1190. The quantitative estimate of drug-likeness (QED) is 0.653. The van der Waals surface area contributed by atoms with E-state index in [0.717, 1.165) is 5.56 Å². The Morgan fingerprint density at radius 1 is 1.04 bits per heavy atom. The zero-order chi connectivity index (χ0) is 19.2. The summed E-state index contributed by atoms with van der Waals surface area (Å²) in [6.07, 6.45) is 1.56. The number of anilines is 1. The molecule has 3 aromatic rings. The summed E-state index contributed by atoms with van der Waals surface area (Å²) < 4.78 is 29.0. The molecule has 0 radical (unpaired) electrons. The molecule has 2 aromatic carbocycles. The molecule has 4 rings (SSSR count). The average molecular weight is 401 g/mol. The van der Waals surface area contributed by atoms with Gasteiger partial charge in [-0.25, -0.2) is 13.6 Å². The molecule has 1 amide bonds. The van der Waals surface area contributed by atoms with E-state index in [-0.39, 0.29) is 10.8 Å². The molecule has 0 aliphatic carbocycles. The Balaban J connectivity index is 1.73. The van der Waals surface area contributed by atoms with Crippen molar-refractivity contribution < 1.29 is 17.6 Å². The number of benzene rings is 2. The number of rotatable bonds is 3. The molecule has 3 N–H and O–H groups in total. The number of nitrogens with two attached hydrogens (primary N) is 1. The van der Waals surface area contributed by atoms with E-state index in [4.69, 9.17) is 21.2 Å². The highest BCUT2D eigenvalue weighted by atomic mass is 35.5. The van der Waals surface area contributed by atoms with Crippen LogP contribution in [-0.2, 0) is 14.8 Å². The molecular weight excluding hydrogens is 388 g/mol. The Kier molecular flexibility index (Phi) is 4.15. The third kappa shape index (κ3) is 3.40. The number of fused-ring (bicyclic) bond motifs is 1. The minimum Gasteiger partial charge on any atom is -0.457 e. The van der Waals surface area contributed by atoms with E-state index >= 15 is 0 Å². The van der Waals surface area contributed by atoms with E-state index in [1.807, 2.05) is 12.1 Å². The minimum absolute atomic E-state index is 0.0649. The van der Waals surface area contributed by atoms with E-state index < -0.39 is 10.0 Å². The summed E-state index contributed by atoms with van der Waals surface area (Å²) >= 11 is 5.89. The van der Waals surface area contributed by atoms with Crippen molar-refractivity contribution in [2.24, 2.45) is 5.14 Å². The second-order valence-corrected chi connectivity index (χ2v) is 7.97. The lowest BCUT2D eigenvalue weighted by atomic mass is 10.1. The number of carbonyl (C=O) groups is 1. The van der Waals surface area contributed by atoms with Crippen molar-refractivity contribution in [3.05, 3.63) is 70.9 Å². The van der Waals surface area contributed by atoms with Gasteiger partial charge in [-0.05, 0) is 60.7 Å². The molecule has 8 heteroatoms. The molecule has 1 aliphatic heterocycles. The summed E-state index contributed by atoms with van der Waals surface area (Å²) in [5.41, 5.74) is 2.11. The number of halogens is 1. The van der Waals surface area contributed by atoms with Crippen LogP contribution >= 0.6 is 11.6 Å². The molecule has 0 unspecified atom stereocenters. The fourth-order valence-corrected chi connectivity index (χ4v) is 3.50. The molecule has 1 aromatic heterocycles. The van der Waals surface area contributed by atoms with Crippen LogP contribution in [0, 0.1) is 0 Å². The van der Waals surface area contributed by atoms with Crippen LogP contribution in [0.15, 0.2) is 63.9 Å². The Morgan fingerprint density at radius 2 is 1.78 bits per heavy atom. The summed E-state index contributed by atoms with van der Waals surface area (Å²) in [5.74, 6) is 0.732. The van der Waals surface area contributed by atoms with E-state index in [2.05, 4.69) is 5.32 Å². The lowest BCUT2D eigenvalue weighted by Crippen LogP contribution is -2.12. The molecule has 0 bridgehead atoms. The van der Waals surface area contributed by atoms with Gasteiger partial charge in [-0.15, -0.1) is 0 Å². The molecule has 27 heavy (non-hydrogen) atoms. The lowest BCUT2D eigenvalue weighted by molar-refractivity contribution is -0.110. The van der Waals surface area contributed by atoms with Crippen LogP contribution in [0.3, 0.4) is 0 Å². The largest absolute Gasteiger partial charge is 0.457 e. The second kappa shape index (κ2) is 6.38. The van der Waals surface area contributed by atoms with Gasteiger partial charge in [0.25, 0.3) is 5.91 Å². The molecule has 6 nitrogen and oxygen atoms in total. The molecule has 1 aliphatic rings. The highest BCUT2D eigenvalue weighted by Crippen LogP contribution is 2.35. The SMILES string of the molecule is NS(=O)(=O)c1ccc2c(c1)C(=Cc1ccc(-c3ccc(Cl)cc3)o1)C(=O)N2. The Morgan fingerprint density at radius 3 is 2.48 bits per heavy atom. The highest BCUT2D eigenvalue weighted by molar-refractivity contribution is 7.89. The van der Waals surface area contributed by atoms with Crippen molar-refractivity contribution in [3.63, 3.8) is 0 Å². The van der Waals surface area contributed by atoms with Gasteiger partial charge in [0, 0.05) is 21.8 Å². The van der Waals surface area contributed by atoms with Crippen LogP contribution in [0.1, 0.15) is 11.3 Å². The zero-order valence-corrected chi connectivity index (χ0v) is 15.3. The predicted octanol–water partition coefficient (Wildman–Crippen LogP) is 3.74. The predicted molar refractivity (Wildman–Crippen MR) is 103 cm³/mol. The first kappa shape index (κ1) is 17.5. The van der Waals surface area contributed by atoms with E-state index in [9.17, 15) is 13.2 Å². The van der Waals surface area contributed by atoms with Gasteiger partial charge in [-0.3, -0.25) is 4.79 Å². The van der Waals surface area contributed by atoms with Crippen LogP contribution in [0.25, 0.3) is 23.0 Å². The van der Waals surface area contributed by atoms with Crippen molar-refractivity contribution in [1.29, 1.82) is 0 Å². The van der Waals surface area contributed by atoms with Gasteiger partial charge in [0.15, 0.2) is 0 Å². The van der Waals surface area contributed by atoms with E-state index in [1.54, 1.807) is 30.3 Å². The number of sulfonamides is 1. The molecule has 0 atom stereocenters. The van der Waals surface area contributed by atoms with Gasteiger partial charge in [-0.2, -0.15) is 0 Å². The van der Waals surface area contributed by atoms with Gasteiger partial charge in [-0.1, -0.05) is 11.6 Å². The van der Waals surface area contributed by atoms with E-state index in [1.165, 1.54) is 18.2 Å². The van der Waals surface area contributed by atoms with Crippen molar-refractivity contribution in [1.82, 2.24) is 0 Å². The van der Waals surface area contributed by atoms with Crippen molar-refractivity contribution in [2.45, 2.75) is 4.90 Å². The number of hydrogen-bond acceptors (Lipinski definition) is 4.